The fraction of sp³-hybridized carbons (Fsp3) is 0.100. The molecule has 2 heterocycles. The third-order valence-corrected chi connectivity index (χ3v) is 4.61. The first-order chi connectivity index (χ1) is 12.9. The van der Waals surface area contributed by atoms with Crippen LogP contribution in [0.1, 0.15) is 34.0 Å². The summed E-state index contributed by atoms with van der Waals surface area (Å²) in [5, 5.41) is 12.2. The Morgan fingerprint density at radius 3 is 2.52 bits per heavy atom. The summed E-state index contributed by atoms with van der Waals surface area (Å²) in [6.45, 7) is 0. The lowest BCUT2D eigenvalue weighted by molar-refractivity contribution is -0.116. The second kappa shape index (κ2) is 6.35. The van der Waals surface area contributed by atoms with Crippen molar-refractivity contribution >= 4 is 17.6 Å². The van der Waals surface area contributed by atoms with Crippen LogP contribution in [0.5, 0.6) is 0 Å². The highest BCUT2D eigenvalue weighted by Crippen LogP contribution is 2.41. The number of aromatic nitrogens is 1. The molecule has 4 rings (SSSR count). The number of hydrogen-bond donors (Lipinski definition) is 2. The number of benzene rings is 2. The Morgan fingerprint density at radius 1 is 1.11 bits per heavy atom. The lowest BCUT2D eigenvalue weighted by Crippen LogP contribution is -2.25. The van der Waals surface area contributed by atoms with Crippen LogP contribution in [0.25, 0.3) is 5.69 Å². The summed E-state index contributed by atoms with van der Waals surface area (Å²) in [6, 6.07) is 11.4. The van der Waals surface area contributed by atoms with Gasteiger partial charge in [-0.3, -0.25) is 4.79 Å². The van der Waals surface area contributed by atoms with Crippen molar-refractivity contribution in [2.45, 2.75) is 12.3 Å². The summed E-state index contributed by atoms with van der Waals surface area (Å²) < 4.78 is 28.7. The zero-order valence-electron chi connectivity index (χ0n) is 13.9. The highest BCUT2D eigenvalue weighted by atomic mass is 19.1. The number of nitrogens with one attached hydrogen (secondary N) is 1. The molecule has 0 spiro atoms. The second-order valence-corrected chi connectivity index (χ2v) is 6.31. The molecule has 1 atom stereocenters. The summed E-state index contributed by atoms with van der Waals surface area (Å²) in [5.74, 6) is -2.96. The number of carbonyl (C=O) groups is 2. The van der Waals surface area contributed by atoms with Gasteiger partial charge in [-0.1, -0.05) is 12.1 Å². The van der Waals surface area contributed by atoms with E-state index in [4.69, 9.17) is 0 Å². The molecule has 136 valence electrons. The lowest BCUT2D eigenvalue weighted by Gasteiger charge is -2.26. The van der Waals surface area contributed by atoms with Crippen molar-refractivity contribution in [3.8, 4) is 5.69 Å². The minimum atomic E-state index is -1.20. The van der Waals surface area contributed by atoms with E-state index in [1.165, 1.54) is 42.6 Å². The van der Waals surface area contributed by atoms with Gasteiger partial charge in [0.2, 0.25) is 5.91 Å². The quantitative estimate of drug-likeness (QED) is 0.736. The van der Waals surface area contributed by atoms with Crippen molar-refractivity contribution in [3.05, 3.63) is 83.2 Å². The SMILES string of the molecule is O=C1C[C@H](c2cccc(F)c2)c2c(c(C(=O)O)cn2-c2ccc(F)cc2)N1. The number of anilines is 1. The summed E-state index contributed by atoms with van der Waals surface area (Å²) in [4.78, 5) is 23.9. The smallest absolute Gasteiger partial charge is 0.339 e. The largest absolute Gasteiger partial charge is 0.478 e. The number of halogens is 2. The molecule has 1 aliphatic rings. The second-order valence-electron chi connectivity index (χ2n) is 6.31. The summed E-state index contributed by atoms with van der Waals surface area (Å²) in [7, 11) is 0. The maximum atomic E-state index is 13.8. The van der Waals surface area contributed by atoms with Crippen LogP contribution in [0.15, 0.2) is 54.7 Å². The van der Waals surface area contributed by atoms with E-state index in [9.17, 15) is 23.5 Å². The van der Waals surface area contributed by atoms with Gasteiger partial charge in [-0.05, 0) is 42.0 Å². The summed E-state index contributed by atoms with van der Waals surface area (Å²) in [6.07, 6.45) is 1.43. The Morgan fingerprint density at radius 2 is 1.85 bits per heavy atom. The highest BCUT2D eigenvalue weighted by molar-refractivity contribution is 6.04. The molecule has 27 heavy (non-hydrogen) atoms. The molecular formula is C20H14F2N2O3. The minimum absolute atomic E-state index is 0.0424. The lowest BCUT2D eigenvalue weighted by atomic mass is 9.88. The van der Waals surface area contributed by atoms with Crippen LogP contribution in [-0.4, -0.2) is 21.6 Å². The van der Waals surface area contributed by atoms with E-state index in [1.54, 1.807) is 16.7 Å². The Bertz CT molecular complexity index is 1060. The number of carboxylic acid groups (broad SMARTS) is 1. The number of fused-ring (bicyclic) bond motifs is 1. The molecule has 7 heteroatoms. The average Bonchev–Trinajstić information content (AvgIpc) is 3.01. The summed E-state index contributed by atoms with van der Waals surface area (Å²) in [5.41, 5.74) is 1.72. The molecule has 2 N–H and O–H groups in total. The van der Waals surface area contributed by atoms with Gasteiger partial charge in [0, 0.05) is 24.2 Å². The van der Waals surface area contributed by atoms with Gasteiger partial charge in [0.15, 0.2) is 0 Å². The molecule has 0 saturated carbocycles. The maximum Gasteiger partial charge on any atom is 0.339 e. The van der Waals surface area contributed by atoms with E-state index in [1.807, 2.05) is 0 Å². The van der Waals surface area contributed by atoms with Gasteiger partial charge in [0.25, 0.3) is 0 Å². The van der Waals surface area contributed by atoms with Crippen molar-refractivity contribution < 1.29 is 23.5 Å². The van der Waals surface area contributed by atoms with Crippen LogP contribution < -0.4 is 5.32 Å². The van der Waals surface area contributed by atoms with Crippen molar-refractivity contribution in [1.82, 2.24) is 4.57 Å². The third kappa shape index (κ3) is 2.97. The average molecular weight is 368 g/mol. The number of nitrogens with zero attached hydrogens (tertiary/aromatic N) is 1. The van der Waals surface area contributed by atoms with Gasteiger partial charge in [0.05, 0.1) is 11.4 Å². The Kier molecular flexibility index (Phi) is 3.99. The van der Waals surface area contributed by atoms with Crippen LogP contribution in [0, 0.1) is 11.6 Å². The zero-order valence-corrected chi connectivity index (χ0v) is 13.9. The van der Waals surface area contributed by atoms with Crippen LogP contribution >= 0.6 is 0 Å². The van der Waals surface area contributed by atoms with Gasteiger partial charge >= 0.3 is 5.97 Å². The van der Waals surface area contributed by atoms with Crippen molar-refractivity contribution in [2.75, 3.05) is 5.32 Å². The molecule has 0 bridgehead atoms. The van der Waals surface area contributed by atoms with Gasteiger partial charge in [0.1, 0.15) is 17.2 Å². The number of carbonyl (C=O) groups excluding carboxylic acids is 1. The molecule has 0 saturated heterocycles. The fourth-order valence-corrected chi connectivity index (χ4v) is 3.44. The molecule has 1 aliphatic heterocycles. The Labute approximate surface area is 152 Å². The molecule has 2 aromatic carbocycles. The van der Waals surface area contributed by atoms with E-state index in [-0.39, 0.29) is 23.6 Å². The zero-order chi connectivity index (χ0) is 19.1. The fourth-order valence-electron chi connectivity index (χ4n) is 3.44. The van der Waals surface area contributed by atoms with Gasteiger partial charge < -0.3 is 15.0 Å². The Hall–Kier alpha value is -3.48. The molecule has 0 aliphatic carbocycles. The van der Waals surface area contributed by atoms with Gasteiger partial charge in [-0.15, -0.1) is 0 Å². The minimum Gasteiger partial charge on any atom is -0.478 e. The molecule has 0 fully saturated rings. The van der Waals surface area contributed by atoms with Crippen LogP contribution in [0.3, 0.4) is 0 Å². The van der Waals surface area contributed by atoms with Crippen LogP contribution in [0.4, 0.5) is 14.5 Å². The van der Waals surface area contributed by atoms with E-state index in [0.29, 0.717) is 16.9 Å². The predicted molar refractivity (Wildman–Crippen MR) is 94.2 cm³/mol. The number of hydrogen-bond acceptors (Lipinski definition) is 2. The normalized spacial score (nSPS) is 15.9. The molecule has 3 aromatic rings. The van der Waals surface area contributed by atoms with Crippen LogP contribution in [0.2, 0.25) is 0 Å². The molecule has 1 aromatic heterocycles. The van der Waals surface area contributed by atoms with E-state index >= 15 is 0 Å². The summed E-state index contributed by atoms with van der Waals surface area (Å²) >= 11 is 0. The van der Waals surface area contributed by atoms with E-state index in [2.05, 4.69) is 5.32 Å². The van der Waals surface area contributed by atoms with Crippen molar-refractivity contribution in [3.63, 3.8) is 0 Å². The number of rotatable bonds is 3. The van der Waals surface area contributed by atoms with Crippen LogP contribution in [-0.2, 0) is 4.79 Å². The monoisotopic (exact) mass is 368 g/mol. The van der Waals surface area contributed by atoms with Crippen molar-refractivity contribution in [1.29, 1.82) is 0 Å². The highest BCUT2D eigenvalue weighted by Gasteiger charge is 2.34. The van der Waals surface area contributed by atoms with Crippen molar-refractivity contribution in [2.24, 2.45) is 0 Å². The predicted octanol–water partition coefficient (Wildman–Crippen LogP) is 3.93. The first-order valence-electron chi connectivity index (χ1n) is 8.24. The number of amides is 1. The molecule has 0 radical (unpaired) electrons. The first kappa shape index (κ1) is 17.0. The molecule has 0 unspecified atom stereocenters. The number of aromatic carboxylic acids is 1. The molecular weight excluding hydrogens is 354 g/mol. The molecule has 5 nitrogen and oxygen atoms in total. The van der Waals surface area contributed by atoms with Gasteiger partial charge in [-0.25, -0.2) is 13.6 Å². The topological polar surface area (TPSA) is 71.3 Å². The van der Waals surface area contributed by atoms with Gasteiger partial charge in [-0.2, -0.15) is 0 Å². The first-order valence-corrected chi connectivity index (χ1v) is 8.24. The van der Waals surface area contributed by atoms with E-state index in [0.717, 1.165) is 0 Å². The number of carboxylic acids is 1. The Balaban J connectivity index is 1.97. The third-order valence-electron chi connectivity index (χ3n) is 4.61. The standard InChI is InChI=1S/C20H14F2N2O3/c21-12-4-6-14(7-5-12)24-10-16(20(26)27)18-19(24)15(9-17(25)23-18)11-2-1-3-13(22)8-11/h1-8,10,15H,9H2,(H,23,25)(H,26,27)/t15-/m1/s1. The van der Waals surface area contributed by atoms with E-state index < -0.39 is 23.5 Å². The maximum absolute atomic E-state index is 13.8. The molecule has 1 amide bonds.